The van der Waals surface area contributed by atoms with Crippen molar-refractivity contribution >= 4 is 0 Å². The van der Waals surface area contributed by atoms with Crippen LogP contribution in [0, 0.1) is 0 Å². The lowest BCUT2D eigenvalue weighted by Gasteiger charge is -2.19. The molecule has 0 spiro atoms. The third-order valence-electron chi connectivity index (χ3n) is 3.48. The molecule has 0 fully saturated rings. The first kappa shape index (κ1) is 13.8. The summed E-state index contributed by atoms with van der Waals surface area (Å²) in [5.41, 5.74) is 9.53. The van der Waals surface area contributed by atoms with Gasteiger partial charge in [-0.1, -0.05) is 45.0 Å². The Kier molecular flexibility index (Phi) is 3.76. The molecule has 0 bridgehead atoms. The van der Waals surface area contributed by atoms with Gasteiger partial charge in [0.2, 0.25) is 0 Å². The molecule has 0 aliphatic carbocycles. The fraction of sp³-hybridized carbons (Fsp3) is 0.438. The first-order chi connectivity index (χ1) is 8.91. The van der Waals surface area contributed by atoms with E-state index in [-0.39, 0.29) is 11.5 Å². The molecule has 0 saturated heterocycles. The maximum absolute atomic E-state index is 5.66. The second-order valence-corrected chi connectivity index (χ2v) is 6.12. The second-order valence-electron chi connectivity index (χ2n) is 6.12. The highest BCUT2D eigenvalue weighted by Crippen LogP contribution is 2.26. The van der Waals surface area contributed by atoms with E-state index in [9.17, 15) is 0 Å². The van der Waals surface area contributed by atoms with Crippen LogP contribution in [0.4, 0.5) is 0 Å². The highest BCUT2D eigenvalue weighted by atomic mass is 15.3. The van der Waals surface area contributed by atoms with Crippen LogP contribution in [0.3, 0.4) is 0 Å². The van der Waals surface area contributed by atoms with Crippen molar-refractivity contribution in [3.63, 3.8) is 0 Å². The van der Waals surface area contributed by atoms with E-state index in [4.69, 9.17) is 5.73 Å². The molecule has 1 aromatic carbocycles. The lowest BCUT2D eigenvalue weighted by Crippen LogP contribution is -2.16. The monoisotopic (exact) mass is 257 g/mol. The lowest BCUT2D eigenvalue weighted by molar-refractivity contribution is 0.501. The van der Waals surface area contributed by atoms with Gasteiger partial charge in [0.1, 0.15) is 0 Å². The second kappa shape index (κ2) is 5.17. The van der Waals surface area contributed by atoms with Gasteiger partial charge in [-0.25, -0.2) is 0 Å². The zero-order valence-electron chi connectivity index (χ0n) is 12.2. The van der Waals surface area contributed by atoms with Gasteiger partial charge in [-0.2, -0.15) is 5.10 Å². The fourth-order valence-electron chi connectivity index (χ4n) is 2.00. The van der Waals surface area contributed by atoms with E-state index in [1.165, 1.54) is 11.1 Å². The Hall–Kier alpha value is -1.61. The van der Waals surface area contributed by atoms with E-state index >= 15 is 0 Å². The van der Waals surface area contributed by atoms with Crippen LogP contribution in [-0.2, 0) is 5.41 Å². The smallest absolute Gasteiger partial charge is 0.0613 e. The van der Waals surface area contributed by atoms with Crippen molar-refractivity contribution in [2.45, 2.75) is 39.2 Å². The number of aromatic nitrogens is 2. The van der Waals surface area contributed by atoms with Gasteiger partial charge in [-0.3, -0.25) is 4.68 Å². The number of benzene rings is 1. The molecule has 2 aromatic rings. The summed E-state index contributed by atoms with van der Waals surface area (Å²) in [7, 11) is 0. The highest BCUT2D eigenvalue weighted by molar-refractivity contribution is 5.62. The zero-order chi connectivity index (χ0) is 14.0. The van der Waals surface area contributed by atoms with Crippen LogP contribution >= 0.6 is 0 Å². The van der Waals surface area contributed by atoms with Crippen LogP contribution in [0.25, 0.3) is 11.1 Å². The SMILES string of the molecule is C[C@@H](CN)n1cc(-c2ccc(C(C)(C)C)cc2)cn1. The molecule has 102 valence electrons. The first-order valence-electron chi connectivity index (χ1n) is 6.77. The summed E-state index contributed by atoms with van der Waals surface area (Å²) in [5, 5.41) is 4.37. The molecule has 2 rings (SSSR count). The molecular weight excluding hydrogens is 234 g/mol. The zero-order valence-corrected chi connectivity index (χ0v) is 12.2. The molecule has 0 saturated carbocycles. The van der Waals surface area contributed by atoms with Gasteiger partial charge in [-0.15, -0.1) is 0 Å². The van der Waals surface area contributed by atoms with Crippen LogP contribution in [-0.4, -0.2) is 16.3 Å². The molecule has 19 heavy (non-hydrogen) atoms. The Bertz CT molecular complexity index is 532. The van der Waals surface area contributed by atoms with Crippen molar-refractivity contribution < 1.29 is 0 Å². The van der Waals surface area contributed by atoms with Gasteiger partial charge in [-0.05, 0) is 23.5 Å². The number of nitrogens with two attached hydrogens (primary N) is 1. The number of hydrogen-bond donors (Lipinski definition) is 1. The van der Waals surface area contributed by atoms with Gasteiger partial charge >= 0.3 is 0 Å². The Labute approximate surface area is 115 Å². The quantitative estimate of drug-likeness (QED) is 0.916. The molecule has 1 atom stereocenters. The van der Waals surface area contributed by atoms with Gasteiger partial charge in [0.25, 0.3) is 0 Å². The normalized spacial score (nSPS) is 13.5. The maximum atomic E-state index is 5.66. The molecule has 0 unspecified atom stereocenters. The summed E-state index contributed by atoms with van der Waals surface area (Å²) >= 11 is 0. The van der Waals surface area contributed by atoms with E-state index in [1.807, 2.05) is 10.9 Å². The average Bonchev–Trinajstić information content (AvgIpc) is 2.86. The third-order valence-corrected chi connectivity index (χ3v) is 3.48. The highest BCUT2D eigenvalue weighted by Gasteiger charge is 2.13. The van der Waals surface area contributed by atoms with E-state index in [0.717, 1.165) is 5.56 Å². The van der Waals surface area contributed by atoms with Crippen LogP contribution < -0.4 is 5.73 Å². The van der Waals surface area contributed by atoms with Crippen molar-refractivity contribution in [1.82, 2.24) is 9.78 Å². The largest absolute Gasteiger partial charge is 0.328 e. The first-order valence-corrected chi connectivity index (χ1v) is 6.77. The number of rotatable bonds is 3. The Balaban J connectivity index is 2.25. The maximum Gasteiger partial charge on any atom is 0.0613 e. The average molecular weight is 257 g/mol. The van der Waals surface area contributed by atoms with E-state index < -0.39 is 0 Å². The summed E-state index contributed by atoms with van der Waals surface area (Å²) in [6.45, 7) is 9.35. The van der Waals surface area contributed by atoms with E-state index in [2.05, 4.69) is 63.3 Å². The number of hydrogen-bond acceptors (Lipinski definition) is 2. The molecule has 0 aliphatic rings. The summed E-state index contributed by atoms with van der Waals surface area (Å²) in [6, 6.07) is 8.95. The minimum atomic E-state index is 0.191. The third kappa shape index (κ3) is 3.04. The topological polar surface area (TPSA) is 43.8 Å². The molecule has 0 radical (unpaired) electrons. The lowest BCUT2D eigenvalue weighted by atomic mass is 9.86. The minimum absolute atomic E-state index is 0.191. The van der Waals surface area contributed by atoms with Crippen molar-refractivity contribution in [2.24, 2.45) is 5.73 Å². The molecule has 2 N–H and O–H groups in total. The predicted octanol–water partition coefficient (Wildman–Crippen LogP) is 3.37. The van der Waals surface area contributed by atoms with Crippen LogP contribution in [0.2, 0.25) is 0 Å². The molecule has 0 aliphatic heterocycles. The summed E-state index contributed by atoms with van der Waals surface area (Å²) in [6.07, 6.45) is 3.96. The fourth-order valence-corrected chi connectivity index (χ4v) is 2.00. The summed E-state index contributed by atoms with van der Waals surface area (Å²) in [4.78, 5) is 0. The van der Waals surface area contributed by atoms with Crippen molar-refractivity contribution in [3.05, 3.63) is 42.2 Å². The molecular formula is C16H23N3. The molecule has 1 heterocycles. The Morgan fingerprint density at radius 1 is 1.16 bits per heavy atom. The standard InChI is InChI=1S/C16H23N3/c1-12(9-17)19-11-14(10-18-19)13-5-7-15(8-6-13)16(2,3)4/h5-8,10-12H,9,17H2,1-4H3/t12-/m0/s1. The number of nitrogens with zero attached hydrogens (tertiary/aromatic N) is 2. The Morgan fingerprint density at radius 3 is 2.32 bits per heavy atom. The van der Waals surface area contributed by atoms with Crippen LogP contribution in [0.1, 0.15) is 39.3 Å². The van der Waals surface area contributed by atoms with Gasteiger partial charge in [0.05, 0.1) is 12.2 Å². The van der Waals surface area contributed by atoms with E-state index in [0.29, 0.717) is 6.54 Å². The van der Waals surface area contributed by atoms with Crippen LogP contribution in [0.5, 0.6) is 0 Å². The van der Waals surface area contributed by atoms with Crippen LogP contribution in [0.15, 0.2) is 36.7 Å². The summed E-state index contributed by atoms with van der Waals surface area (Å²) in [5.74, 6) is 0. The molecule has 3 nitrogen and oxygen atoms in total. The molecule has 3 heteroatoms. The van der Waals surface area contributed by atoms with E-state index in [1.54, 1.807) is 0 Å². The van der Waals surface area contributed by atoms with Gasteiger partial charge < -0.3 is 5.73 Å². The minimum Gasteiger partial charge on any atom is -0.328 e. The molecule has 1 aromatic heterocycles. The molecule has 0 amide bonds. The predicted molar refractivity (Wildman–Crippen MR) is 80.1 cm³/mol. The van der Waals surface area contributed by atoms with Gasteiger partial charge in [0.15, 0.2) is 0 Å². The van der Waals surface area contributed by atoms with Crippen molar-refractivity contribution in [3.8, 4) is 11.1 Å². The Morgan fingerprint density at radius 2 is 1.79 bits per heavy atom. The van der Waals surface area contributed by atoms with Crippen molar-refractivity contribution in [2.75, 3.05) is 6.54 Å². The summed E-state index contributed by atoms with van der Waals surface area (Å²) < 4.78 is 1.92. The van der Waals surface area contributed by atoms with Gasteiger partial charge in [0, 0.05) is 18.3 Å². The van der Waals surface area contributed by atoms with Crippen molar-refractivity contribution in [1.29, 1.82) is 0 Å².